The Hall–Kier alpha value is -1.67. The Kier molecular flexibility index (Phi) is 5.05. The van der Waals surface area contributed by atoms with Gasteiger partial charge in [-0.3, -0.25) is 0 Å². The standard InChI is InChI=1S/C16H22N4O2S2/c1-3-15-17-16(23-18-15)20-10-6-9-19(11-12-20)13-7-4-5-8-14(13)24(2,21)22/h4-5,7-8H,3,6,9-12H2,1-2H3. The lowest BCUT2D eigenvalue weighted by Gasteiger charge is -2.25. The van der Waals surface area contributed by atoms with Crippen LogP contribution in [0.4, 0.5) is 10.8 Å². The second-order valence-corrected chi connectivity index (χ2v) is 8.63. The molecule has 0 aliphatic carbocycles. The molecule has 1 saturated heterocycles. The third kappa shape index (κ3) is 3.70. The molecular formula is C16H22N4O2S2. The van der Waals surface area contributed by atoms with E-state index in [4.69, 9.17) is 0 Å². The number of benzene rings is 1. The zero-order valence-corrected chi connectivity index (χ0v) is 15.6. The van der Waals surface area contributed by atoms with Gasteiger partial charge < -0.3 is 9.80 Å². The summed E-state index contributed by atoms with van der Waals surface area (Å²) in [5.74, 6) is 0.888. The van der Waals surface area contributed by atoms with Crippen LogP contribution in [0.2, 0.25) is 0 Å². The molecule has 3 rings (SSSR count). The van der Waals surface area contributed by atoms with E-state index < -0.39 is 9.84 Å². The molecule has 1 aromatic carbocycles. The topological polar surface area (TPSA) is 66.4 Å². The fraction of sp³-hybridized carbons (Fsp3) is 0.500. The molecule has 0 N–H and O–H groups in total. The maximum Gasteiger partial charge on any atom is 0.205 e. The van der Waals surface area contributed by atoms with Gasteiger partial charge in [0.1, 0.15) is 5.82 Å². The molecule has 0 atom stereocenters. The lowest BCUT2D eigenvalue weighted by molar-refractivity contribution is 0.601. The van der Waals surface area contributed by atoms with Crippen LogP contribution in [0, 0.1) is 0 Å². The fourth-order valence-electron chi connectivity index (χ4n) is 2.90. The van der Waals surface area contributed by atoms with Crippen molar-refractivity contribution in [3.05, 3.63) is 30.1 Å². The van der Waals surface area contributed by atoms with Gasteiger partial charge in [-0.05, 0) is 18.6 Å². The van der Waals surface area contributed by atoms with E-state index in [1.807, 2.05) is 12.1 Å². The lowest BCUT2D eigenvalue weighted by atomic mass is 10.2. The van der Waals surface area contributed by atoms with E-state index >= 15 is 0 Å². The summed E-state index contributed by atoms with van der Waals surface area (Å²) in [7, 11) is -3.24. The Bertz CT molecular complexity index is 804. The Morgan fingerprint density at radius 1 is 1.12 bits per heavy atom. The number of hydrogen-bond acceptors (Lipinski definition) is 7. The minimum absolute atomic E-state index is 0.405. The van der Waals surface area contributed by atoms with Crippen molar-refractivity contribution in [2.24, 2.45) is 0 Å². The van der Waals surface area contributed by atoms with Crippen molar-refractivity contribution in [2.45, 2.75) is 24.7 Å². The number of aryl methyl sites for hydroxylation is 1. The van der Waals surface area contributed by atoms with E-state index in [2.05, 4.69) is 26.1 Å². The molecule has 0 bridgehead atoms. The van der Waals surface area contributed by atoms with Crippen molar-refractivity contribution >= 4 is 32.2 Å². The molecule has 1 aliphatic rings. The summed E-state index contributed by atoms with van der Waals surface area (Å²) < 4.78 is 28.5. The summed E-state index contributed by atoms with van der Waals surface area (Å²) in [5, 5.41) is 0.963. The van der Waals surface area contributed by atoms with Crippen LogP contribution in [0.25, 0.3) is 0 Å². The first-order chi connectivity index (χ1) is 11.5. The van der Waals surface area contributed by atoms with E-state index in [9.17, 15) is 8.42 Å². The average Bonchev–Trinajstić information content (AvgIpc) is 2.91. The first-order valence-corrected chi connectivity index (χ1v) is 10.8. The van der Waals surface area contributed by atoms with Crippen molar-refractivity contribution in [1.82, 2.24) is 9.36 Å². The summed E-state index contributed by atoms with van der Waals surface area (Å²) in [6.07, 6.45) is 3.07. The van der Waals surface area contributed by atoms with Crippen LogP contribution in [0.15, 0.2) is 29.2 Å². The van der Waals surface area contributed by atoms with Gasteiger partial charge in [-0.2, -0.15) is 4.37 Å². The zero-order chi connectivity index (χ0) is 17.2. The maximum absolute atomic E-state index is 12.1. The number of nitrogens with zero attached hydrogens (tertiary/aromatic N) is 4. The highest BCUT2D eigenvalue weighted by Gasteiger charge is 2.22. The van der Waals surface area contributed by atoms with E-state index in [-0.39, 0.29) is 0 Å². The van der Waals surface area contributed by atoms with Crippen molar-refractivity contribution in [1.29, 1.82) is 0 Å². The number of rotatable bonds is 4. The van der Waals surface area contributed by atoms with E-state index in [0.29, 0.717) is 4.90 Å². The number of para-hydroxylation sites is 1. The monoisotopic (exact) mass is 366 g/mol. The molecule has 0 saturated carbocycles. The van der Waals surface area contributed by atoms with Gasteiger partial charge in [-0.1, -0.05) is 19.1 Å². The van der Waals surface area contributed by atoms with Crippen molar-refractivity contribution in [3.8, 4) is 0 Å². The molecule has 6 nitrogen and oxygen atoms in total. The predicted octanol–water partition coefficient (Wildman–Crippen LogP) is 2.22. The van der Waals surface area contributed by atoms with Crippen molar-refractivity contribution in [3.63, 3.8) is 0 Å². The fourth-order valence-corrected chi connectivity index (χ4v) is 4.60. The van der Waals surface area contributed by atoms with Crippen molar-refractivity contribution in [2.75, 3.05) is 42.2 Å². The normalized spacial score (nSPS) is 16.2. The molecule has 0 spiro atoms. The van der Waals surface area contributed by atoms with Crippen LogP contribution in [0.3, 0.4) is 0 Å². The van der Waals surface area contributed by atoms with Crippen LogP contribution in [-0.2, 0) is 16.3 Å². The lowest BCUT2D eigenvalue weighted by Crippen LogP contribution is -2.31. The number of sulfone groups is 1. The minimum Gasteiger partial charge on any atom is -0.369 e. The van der Waals surface area contributed by atoms with Gasteiger partial charge in [-0.15, -0.1) is 0 Å². The van der Waals surface area contributed by atoms with Crippen LogP contribution < -0.4 is 9.80 Å². The van der Waals surface area contributed by atoms with Crippen LogP contribution >= 0.6 is 11.5 Å². The van der Waals surface area contributed by atoms with Gasteiger partial charge in [0.05, 0.1) is 10.6 Å². The number of hydrogen-bond donors (Lipinski definition) is 0. The highest BCUT2D eigenvalue weighted by atomic mass is 32.2. The Labute approximate surface area is 147 Å². The first kappa shape index (κ1) is 17.2. The molecule has 1 aliphatic heterocycles. The van der Waals surface area contributed by atoms with Gasteiger partial charge in [0.15, 0.2) is 9.84 Å². The van der Waals surface area contributed by atoms with E-state index in [1.165, 1.54) is 17.8 Å². The van der Waals surface area contributed by atoms with Gasteiger partial charge >= 0.3 is 0 Å². The molecule has 0 radical (unpaired) electrons. The zero-order valence-electron chi connectivity index (χ0n) is 14.0. The molecule has 0 unspecified atom stereocenters. The Morgan fingerprint density at radius 2 is 1.83 bits per heavy atom. The summed E-state index contributed by atoms with van der Waals surface area (Å²) in [6, 6.07) is 7.25. The molecule has 0 amide bonds. The third-order valence-corrected chi connectivity index (χ3v) is 6.10. The Morgan fingerprint density at radius 3 is 2.54 bits per heavy atom. The van der Waals surface area contributed by atoms with Crippen molar-refractivity contribution < 1.29 is 8.42 Å². The molecule has 2 heterocycles. The molecule has 1 fully saturated rings. The van der Waals surface area contributed by atoms with Gasteiger partial charge in [0, 0.05) is 50.4 Å². The van der Waals surface area contributed by atoms with Gasteiger partial charge in [-0.25, -0.2) is 13.4 Å². The molecule has 130 valence electrons. The second-order valence-electron chi connectivity index (χ2n) is 5.91. The molecule has 24 heavy (non-hydrogen) atoms. The van der Waals surface area contributed by atoms with Crippen LogP contribution in [0.5, 0.6) is 0 Å². The number of aromatic nitrogens is 2. The van der Waals surface area contributed by atoms with Gasteiger partial charge in [0.2, 0.25) is 5.13 Å². The van der Waals surface area contributed by atoms with Crippen LogP contribution in [-0.4, -0.2) is 50.2 Å². The Balaban J connectivity index is 1.79. The third-order valence-electron chi connectivity index (χ3n) is 4.15. The average molecular weight is 367 g/mol. The summed E-state index contributed by atoms with van der Waals surface area (Å²) >= 11 is 1.44. The van der Waals surface area contributed by atoms with Gasteiger partial charge in [0.25, 0.3) is 0 Å². The molecule has 2 aromatic rings. The summed E-state index contributed by atoms with van der Waals surface area (Å²) in [5.41, 5.74) is 0.799. The second kappa shape index (κ2) is 7.06. The first-order valence-electron chi connectivity index (χ1n) is 8.10. The maximum atomic E-state index is 12.1. The highest BCUT2D eigenvalue weighted by molar-refractivity contribution is 7.90. The van der Waals surface area contributed by atoms with Crippen LogP contribution in [0.1, 0.15) is 19.2 Å². The largest absolute Gasteiger partial charge is 0.369 e. The summed E-state index contributed by atoms with van der Waals surface area (Å²) in [4.78, 5) is 9.39. The smallest absolute Gasteiger partial charge is 0.205 e. The predicted molar refractivity (Wildman–Crippen MR) is 97.9 cm³/mol. The minimum atomic E-state index is -3.24. The van der Waals surface area contributed by atoms with E-state index in [1.54, 1.807) is 12.1 Å². The SMILES string of the molecule is CCc1nsc(N2CCCN(c3ccccc3S(C)(=O)=O)CC2)n1. The number of anilines is 2. The summed E-state index contributed by atoms with van der Waals surface area (Å²) in [6.45, 7) is 5.39. The quantitative estimate of drug-likeness (QED) is 0.827. The van der Waals surface area contributed by atoms with E-state index in [0.717, 1.165) is 55.7 Å². The highest BCUT2D eigenvalue weighted by Crippen LogP contribution is 2.27. The molecule has 1 aromatic heterocycles. The molecular weight excluding hydrogens is 344 g/mol. The molecule has 8 heteroatoms.